The summed E-state index contributed by atoms with van der Waals surface area (Å²) < 4.78 is 10.1. The summed E-state index contributed by atoms with van der Waals surface area (Å²) in [5.41, 5.74) is 0.925. The van der Waals surface area contributed by atoms with Crippen LogP contribution >= 0.6 is 0 Å². The Bertz CT molecular complexity index is 1040. The molecule has 0 radical (unpaired) electrons. The van der Waals surface area contributed by atoms with Crippen LogP contribution in [0.25, 0.3) is 0 Å². The van der Waals surface area contributed by atoms with Crippen LogP contribution in [-0.2, 0) is 19.1 Å². The van der Waals surface area contributed by atoms with Crippen LogP contribution < -0.4 is 10.2 Å². The summed E-state index contributed by atoms with van der Waals surface area (Å²) in [6, 6.07) is 13.1. The normalized spacial score (nSPS) is 17.6. The van der Waals surface area contributed by atoms with E-state index in [1.807, 2.05) is 0 Å². The van der Waals surface area contributed by atoms with E-state index in [-0.39, 0.29) is 11.3 Å². The van der Waals surface area contributed by atoms with Crippen molar-refractivity contribution in [2.45, 2.75) is 19.6 Å². The summed E-state index contributed by atoms with van der Waals surface area (Å²) >= 11 is 0. The van der Waals surface area contributed by atoms with E-state index in [4.69, 9.17) is 9.47 Å². The zero-order chi connectivity index (χ0) is 20.8. The maximum absolute atomic E-state index is 12.8. The number of fused-ring (bicyclic) bond motifs is 1. The predicted molar refractivity (Wildman–Crippen MR) is 102 cm³/mol. The molecular weight excluding hydrogens is 376 g/mol. The van der Waals surface area contributed by atoms with Gasteiger partial charge in [0.05, 0.1) is 22.5 Å². The molecule has 29 heavy (non-hydrogen) atoms. The van der Waals surface area contributed by atoms with Crippen molar-refractivity contribution in [3.05, 3.63) is 71.4 Å². The average Bonchev–Trinajstić information content (AvgIpc) is 2.91. The van der Waals surface area contributed by atoms with Gasteiger partial charge < -0.3 is 14.8 Å². The summed E-state index contributed by atoms with van der Waals surface area (Å²) in [6.45, 7) is 2.90. The van der Waals surface area contributed by atoms with E-state index in [2.05, 4.69) is 5.32 Å². The first-order valence-electron chi connectivity index (χ1n) is 8.79. The number of carbonyl (C=O) groups is 4. The lowest BCUT2D eigenvalue weighted by molar-refractivity contribution is -0.222. The van der Waals surface area contributed by atoms with Crippen molar-refractivity contribution in [3.8, 4) is 0 Å². The smallest absolute Gasteiger partial charge is 0.350 e. The lowest BCUT2D eigenvalue weighted by atomic mass is 10.1. The first-order valence-corrected chi connectivity index (χ1v) is 8.79. The van der Waals surface area contributed by atoms with Crippen molar-refractivity contribution in [2.24, 2.45) is 0 Å². The number of amides is 2. The van der Waals surface area contributed by atoms with Gasteiger partial charge in [-0.25, -0.2) is 14.5 Å². The van der Waals surface area contributed by atoms with Crippen LogP contribution in [0.4, 0.5) is 11.4 Å². The third-order valence-corrected chi connectivity index (χ3v) is 4.43. The van der Waals surface area contributed by atoms with E-state index in [1.54, 1.807) is 48.5 Å². The van der Waals surface area contributed by atoms with Crippen LogP contribution in [0.3, 0.4) is 0 Å². The summed E-state index contributed by atoms with van der Waals surface area (Å²) in [5, 5.41) is 2.81. The molecule has 8 heteroatoms. The molecule has 0 spiro atoms. The number of benzene rings is 2. The molecule has 0 saturated carbocycles. The number of imide groups is 1. The second kappa shape index (κ2) is 6.59. The van der Waals surface area contributed by atoms with Crippen molar-refractivity contribution in [3.63, 3.8) is 0 Å². The van der Waals surface area contributed by atoms with Crippen LogP contribution in [0.1, 0.15) is 34.6 Å². The fourth-order valence-electron chi connectivity index (χ4n) is 3.13. The molecule has 0 aliphatic carbocycles. The van der Waals surface area contributed by atoms with Gasteiger partial charge in [-0.2, -0.15) is 0 Å². The van der Waals surface area contributed by atoms with E-state index in [1.165, 1.54) is 13.8 Å². The monoisotopic (exact) mass is 392 g/mol. The SMILES string of the molecule is CC1(C)OC(=O)C(=CNc2ccccc2N2C(=O)c3ccccc3C2=O)C(=O)O1. The van der Waals surface area contributed by atoms with Gasteiger partial charge in [-0.1, -0.05) is 24.3 Å². The van der Waals surface area contributed by atoms with Gasteiger partial charge >= 0.3 is 11.9 Å². The number of cyclic esters (lactones) is 2. The van der Waals surface area contributed by atoms with Gasteiger partial charge in [0.1, 0.15) is 0 Å². The van der Waals surface area contributed by atoms with Gasteiger partial charge in [0, 0.05) is 20.0 Å². The lowest BCUT2D eigenvalue weighted by Gasteiger charge is -2.29. The quantitative estimate of drug-likeness (QED) is 0.371. The molecule has 0 aromatic heterocycles. The van der Waals surface area contributed by atoms with Crippen LogP contribution in [-0.4, -0.2) is 29.5 Å². The Morgan fingerprint density at radius 1 is 0.828 bits per heavy atom. The number of nitrogens with zero attached hydrogens (tertiary/aromatic N) is 1. The fraction of sp³-hybridized carbons (Fsp3) is 0.143. The molecule has 146 valence electrons. The minimum absolute atomic E-state index is 0.286. The van der Waals surface area contributed by atoms with Gasteiger partial charge in [-0.15, -0.1) is 0 Å². The molecule has 2 amide bonds. The first-order chi connectivity index (χ1) is 13.8. The Hall–Kier alpha value is -3.94. The van der Waals surface area contributed by atoms with Crippen molar-refractivity contribution < 1.29 is 28.7 Å². The van der Waals surface area contributed by atoms with E-state index in [0.717, 1.165) is 11.1 Å². The molecule has 2 aliphatic rings. The molecular formula is C21H16N2O6. The highest BCUT2D eigenvalue weighted by atomic mass is 16.7. The molecule has 1 saturated heterocycles. The van der Waals surface area contributed by atoms with Crippen molar-refractivity contribution in [1.82, 2.24) is 0 Å². The second-order valence-corrected chi connectivity index (χ2v) is 6.89. The van der Waals surface area contributed by atoms with Gasteiger partial charge in [-0.3, -0.25) is 9.59 Å². The van der Waals surface area contributed by atoms with Gasteiger partial charge in [0.2, 0.25) is 0 Å². The molecule has 2 aromatic carbocycles. The van der Waals surface area contributed by atoms with Crippen LogP contribution in [0.5, 0.6) is 0 Å². The number of para-hydroxylation sites is 2. The van der Waals surface area contributed by atoms with Crippen molar-refractivity contribution in [1.29, 1.82) is 0 Å². The second-order valence-electron chi connectivity index (χ2n) is 6.89. The number of esters is 2. The third-order valence-electron chi connectivity index (χ3n) is 4.43. The van der Waals surface area contributed by atoms with Crippen molar-refractivity contribution in [2.75, 3.05) is 10.2 Å². The number of rotatable bonds is 3. The Labute approximate surface area is 165 Å². The van der Waals surface area contributed by atoms with E-state index in [0.29, 0.717) is 16.8 Å². The maximum Gasteiger partial charge on any atom is 0.350 e. The van der Waals surface area contributed by atoms with Crippen LogP contribution in [0.15, 0.2) is 60.3 Å². The van der Waals surface area contributed by atoms with Crippen molar-refractivity contribution >= 4 is 35.1 Å². The first kappa shape index (κ1) is 18.4. The molecule has 4 rings (SSSR count). The van der Waals surface area contributed by atoms with Gasteiger partial charge in [0.25, 0.3) is 17.6 Å². The number of ether oxygens (including phenoxy) is 2. The van der Waals surface area contributed by atoms with Crippen LogP contribution in [0, 0.1) is 0 Å². The van der Waals surface area contributed by atoms with E-state index >= 15 is 0 Å². The van der Waals surface area contributed by atoms with E-state index < -0.39 is 29.5 Å². The minimum atomic E-state index is -1.34. The molecule has 0 unspecified atom stereocenters. The number of hydrogen-bond donors (Lipinski definition) is 1. The highest BCUT2D eigenvalue weighted by Crippen LogP contribution is 2.33. The predicted octanol–water partition coefficient (Wildman–Crippen LogP) is 2.62. The molecule has 2 aliphatic heterocycles. The molecule has 2 heterocycles. The standard InChI is InChI=1S/C21H16N2O6/c1-21(2)28-19(26)14(20(27)29-21)11-22-15-9-5-6-10-16(15)23-17(24)12-7-3-4-8-13(12)18(23)25/h3-11,22H,1-2H3. The highest BCUT2D eigenvalue weighted by molar-refractivity contribution is 6.35. The summed E-state index contributed by atoms with van der Waals surface area (Å²) in [6.07, 6.45) is 1.14. The minimum Gasteiger partial charge on any atom is -0.419 e. The zero-order valence-electron chi connectivity index (χ0n) is 15.6. The fourth-order valence-corrected chi connectivity index (χ4v) is 3.13. The Kier molecular flexibility index (Phi) is 4.19. The Morgan fingerprint density at radius 2 is 1.34 bits per heavy atom. The molecule has 0 atom stereocenters. The molecule has 1 fully saturated rings. The topological polar surface area (TPSA) is 102 Å². The molecule has 8 nitrogen and oxygen atoms in total. The number of anilines is 2. The Balaban J connectivity index is 1.66. The zero-order valence-corrected chi connectivity index (χ0v) is 15.6. The number of hydrogen-bond acceptors (Lipinski definition) is 7. The average molecular weight is 392 g/mol. The molecule has 2 aromatic rings. The third kappa shape index (κ3) is 3.14. The molecule has 1 N–H and O–H groups in total. The lowest BCUT2D eigenvalue weighted by Crippen LogP contribution is -2.42. The maximum atomic E-state index is 12.8. The van der Waals surface area contributed by atoms with Gasteiger partial charge in [0.15, 0.2) is 5.57 Å². The highest BCUT2D eigenvalue weighted by Gasteiger charge is 2.40. The largest absolute Gasteiger partial charge is 0.419 e. The Morgan fingerprint density at radius 3 is 1.93 bits per heavy atom. The molecule has 0 bridgehead atoms. The summed E-state index contributed by atoms with van der Waals surface area (Å²) in [4.78, 5) is 50.7. The van der Waals surface area contributed by atoms with Crippen LogP contribution in [0.2, 0.25) is 0 Å². The summed E-state index contributed by atoms with van der Waals surface area (Å²) in [5.74, 6) is -3.92. The van der Waals surface area contributed by atoms with Gasteiger partial charge in [-0.05, 0) is 24.3 Å². The number of nitrogens with one attached hydrogen (secondary N) is 1. The van der Waals surface area contributed by atoms with E-state index in [9.17, 15) is 19.2 Å². The number of carbonyl (C=O) groups excluding carboxylic acids is 4. The summed E-state index contributed by atoms with van der Waals surface area (Å²) in [7, 11) is 0.